The van der Waals surface area contributed by atoms with Crippen molar-refractivity contribution in [3.8, 4) is 5.75 Å². The quantitative estimate of drug-likeness (QED) is 0.765. The monoisotopic (exact) mass is 273 g/mol. The van der Waals surface area contributed by atoms with Crippen molar-refractivity contribution in [1.82, 2.24) is 5.32 Å². The molecular formula is C13H20ClNOS. The first-order valence-electron chi connectivity index (χ1n) is 5.86. The SMILES string of the molecule is CCSCCOc1ccc(Cl)cc1C(C)NC. The fraction of sp³-hybridized carbons (Fsp3) is 0.538. The number of thioether (sulfide) groups is 1. The van der Waals surface area contributed by atoms with Crippen molar-refractivity contribution in [3.05, 3.63) is 28.8 Å². The zero-order chi connectivity index (χ0) is 12.7. The number of benzene rings is 1. The highest BCUT2D eigenvalue weighted by atomic mass is 35.5. The van der Waals surface area contributed by atoms with Crippen molar-refractivity contribution in [3.63, 3.8) is 0 Å². The van der Waals surface area contributed by atoms with Gasteiger partial charge in [-0.2, -0.15) is 11.8 Å². The molecule has 17 heavy (non-hydrogen) atoms. The third kappa shape index (κ3) is 4.78. The average molecular weight is 274 g/mol. The molecule has 0 amide bonds. The lowest BCUT2D eigenvalue weighted by Gasteiger charge is -2.16. The van der Waals surface area contributed by atoms with Gasteiger partial charge in [-0.15, -0.1) is 0 Å². The molecule has 0 aliphatic heterocycles. The second kappa shape index (κ2) is 7.85. The highest BCUT2D eigenvalue weighted by molar-refractivity contribution is 7.99. The van der Waals surface area contributed by atoms with Gasteiger partial charge in [-0.05, 0) is 37.9 Å². The molecule has 0 aliphatic rings. The maximum absolute atomic E-state index is 6.01. The summed E-state index contributed by atoms with van der Waals surface area (Å²) in [6, 6.07) is 6.02. The van der Waals surface area contributed by atoms with Crippen molar-refractivity contribution in [2.24, 2.45) is 0 Å². The Morgan fingerprint density at radius 1 is 1.47 bits per heavy atom. The summed E-state index contributed by atoms with van der Waals surface area (Å²) >= 11 is 7.90. The molecule has 1 atom stereocenters. The van der Waals surface area contributed by atoms with E-state index in [1.807, 2.05) is 37.0 Å². The summed E-state index contributed by atoms with van der Waals surface area (Å²) in [4.78, 5) is 0. The van der Waals surface area contributed by atoms with E-state index in [9.17, 15) is 0 Å². The molecule has 0 radical (unpaired) electrons. The third-order valence-electron chi connectivity index (χ3n) is 2.56. The molecule has 0 fully saturated rings. The molecular weight excluding hydrogens is 254 g/mol. The number of rotatable bonds is 7. The molecule has 0 heterocycles. The Hall–Kier alpha value is -0.380. The van der Waals surface area contributed by atoms with E-state index in [2.05, 4.69) is 19.2 Å². The lowest BCUT2D eigenvalue weighted by atomic mass is 10.1. The van der Waals surface area contributed by atoms with Crippen molar-refractivity contribution < 1.29 is 4.74 Å². The van der Waals surface area contributed by atoms with Crippen molar-refractivity contribution >= 4 is 23.4 Å². The van der Waals surface area contributed by atoms with Crippen LogP contribution in [0, 0.1) is 0 Å². The minimum absolute atomic E-state index is 0.238. The van der Waals surface area contributed by atoms with Gasteiger partial charge in [0.25, 0.3) is 0 Å². The second-order valence-electron chi connectivity index (χ2n) is 3.74. The number of nitrogens with one attached hydrogen (secondary N) is 1. The van der Waals surface area contributed by atoms with Crippen LogP contribution in [0.25, 0.3) is 0 Å². The molecule has 4 heteroatoms. The van der Waals surface area contributed by atoms with Crippen molar-refractivity contribution in [2.45, 2.75) is 19.9 Å². The molecule has 1 aromatic carbocycles. The topological polar surface area (TPSA) is 21.3 Å². The molecule has 96 valence electrons. The standard InChI is InChI=1S/C13H20ClNOS/c1-4-17-8-7-16-13-6-5-11(14)9-12(13)10(2)15-3/h5-6,9-10,15H,4,7-8H2,1-3H3. The summed E-state index contributed by atoms with van der Waals surface area (Å²) in [5.74, 6) is 3.07. The Morgan fingerprint density at radius 2 is 2.24 bits per heavy atom. The Morgan fingerprint density at radius 3 is 2.88 bits per heavy atom. The summed E-state index contributed by atoms with van der Waals surface area (Å²) < 4.78 is 5.80. The van der Waals surface area contributed by atoms with E-state index in [4.69, 9.17) is 16.3 Å². The van der Waals surface area contributed by atoms with E-state index in [0.717, 1.165) is 34.4 Å². The first-order chi connectivity index (χ1) is 8.19. The number of hydrogen-bond acceptors (Lipinski definition) is 3. The maximum atomic E-state index is 6.01. The van der Waals surface area contributed by atoms with E-state index >= 15 is 0 Å². The van der Waals surface area contributed by atoms with Crippen LogP contribution >= 0.6 is 23.4 Å². The minimum Gasteiger partial charge on any atom is -0.492 e. The van der Waals surface area contributed by atoms with E-state index in [1.165, 1.54) is 0 Å². The van der Waals surface area contributed by atoms with Crippen molar-refractivity contribution in [2.75, 3.05) is 25.2 Å². The largest absolute Gasteiger partial charge is 0.492 e. The fourth-order valence-corrected chi connectivity index (χ4v) is 2.17. The summed E-state index contributed by atoms with van der Waals surface area (Å²) in [5.41, 5.74) is 1.11. The molecule has 0 saturated heterocycles. The minimum atomic E-state index is 0.238. The first kappa shape index (κ1) is 14.7. The van der Waals surface area contributed by atoms with Crippen LogP contribution < -0.4 is 10.1 Å². The molecule has 0 bridgehead atoms. The Bertz CT molecular complexity index is 346. The Balaban J connectivity index is 2.69. The molecule has 0 spiro atoms. The summed E-state index contributed by atoms with van der Waals surface area (Å²) in [5, 5.41) is 3.95. The van der Waals surface area contributed by atoms with Gasteiger partial charge in [0.05, 0.1) is 6.61 Å². The molecule has 2 nitrogen and oxygen atoms in total. The number of ether oxygens (including phenoxy) is 1. The lowest BCUT2D eigenvalue weighted by molar-refractivity contribution is 0.337. The highest BCUT2D eigenvalue weighted by Crippen LogP contribution is 2.28. The van der Waals surface area contributed by atoms with Crippen LogP contribution in [-0.2, 0) is 0 Å². The van der Waals surface area contributed by atoms with Crippen LogP contribution in [0.1, 0.15) is 25.5 Å². The first-order valence-corrected chi connectivity index (χ1v) is 7.39. The van der Waals surface area contributed by atoms with Gasteiger partial charge in [-0.1, -0.05) is 18.5 Å². The van der Waals surface area contributed by atoms with Gasteiger partial charge in [0.1, 0.15) is 5.75 Å². The van der Waals surface area contributed by atoms with E-state index < -0.39 is 0 Å². The molecule has 1 N–H and O–H groups in total. The van der Waals surface area contributed by atoms with Gasteiger partial charge in [0.2, 0.25) is 0 Å². The zero-order valence-corrected chi connectivity index (χ0v) is 12.2. The fourth-order valence-electron chi connectivity index (χ4n) is 1.50. The van der Waals surface area contributed by atoms with Crippen LogP contribution in [0.2, 0.25) is 5.02 Å². The third-order valence-corrected chi connectivity index (χ3v) is 3.66. The predicted octanol–water partition coefficient (Wildman–Crippen LogP) is 3.75. The molecule has 0 aromatic heterocycles. The smallest absolute Gasteiger partial charge is 0.124 e. The van der Waals surface area contributed by atoms with Gasteiger partial charge in [0.15, 0.2) is 0 Å². The molecule has 0 saturated carbocycles. The van der Waals surface area contributed by atoms with Gasteiger partial charge in [0, 0.05) is 22.4 Å². The molecule has 0 aliphatic carbocycles. The summed E-state index contributed by atoms with van der Waals surface area (Å²) in [6.45, 7) is 4.99. The van der Waals surface area contributed by atoms with E-state index in [1.54, 1.807) is 0 Å². The predicted molar refractivity (Wildman–Crippen MR) is 77.4 cm³/mol. The maximum Gasteiger partial charge on any atom is 0.124 e. The zero-order valence-electron chi connectivity index (χ0n) is 10.6. The van der Waals surface area contributed by atoms with Crippen LogP contribution in [0.3, 0.4) is 0 Å². The molecule has 1 rings (SSSR count). The number of halogens is 1. The van der Waals surface area contributed by atoms with Crippen LogP contribution in [0.5, 0.6) is 5.75 Å². The summed E-state index contributed by atoms with van der Waals surface area (Å²) in [7, 11) is 1.93. The normalized spacial score (nSPS) is 12.5. The van der Waals surface area contributed by atoms with Gasteiger partial charge in [-0.25, -0.2) is 0 Å². The number of hydrogen-bond donors (Lipinski definition) is 1. The van der Waals surface area contributed by atoms with E-state index in [0.29, 0.717) is 0 Å². The molecule has 1 aromatic rings. The van der Waals surface area contributed by atoms with Gasteiger partial charge < -0.3 is 10.1 Å². The van der Waals surface area contributed by atoms with Crippen LogP contribution in [0.4, 0.5) is 0 Å². The lowest BCUT2D eigenvalue weighted by Crippen LogP contribution is -2.14. The average Bonchev–Trinajstić information content (AvgIpc) is 2.35. The van der Waals surface area contributed by atoms with Crippen LogP contribution in [-0.4, -0.2) is 25.2 Å². The highest BCUT2D eigenvalue weighted by Gasteiger charge is 2.10. The second-order valence-corrected chi connectivity index (χ2v) is 5.57. The van der Waals surface area contributed by atoms with Gasteiger partial charge in [-0.3, -0.25) is 0 Å². The molecule has 1 unspecified atom stereocenters. The van der Waals surface area contributed by atoms with E-state index in [-0.39, 0.29) is 6.04 Å². The Kier molecular flexibility index (Phi) is 6.78. The van der Waals surface area contributed by atoms with Crippen LogP contribution in [0.15, 0.2) is 18.2 Å². The van der Waals surface area contributed by atoms with Crippen molar-refractivity contribution in [1.29, 1.82) is 0 Å². The summed E-state index contributed by atoms with van der Waals surface area (Å²) in [6.07, 6.45) is 0. The van der Waals surface area contributed by atoms with Gasteiger partial charge >= 0.3 is 0 Å². The Labute approximate surface area is 113 Å².